The number of esters is 2. The summed E-state index contributed by atoms with van der Waals surface area (Å²) in [6, 6.07) is 15.6. The average Bonchev–Trinajstić information content (AvgIpc) is 3.47. The molecule has 2 amide bonds. The van der Waals surface area contributed by atoms with Crippen LogP contribution in [-0.2, 0) is 24.3 Å². The minimum atomic E-state index is -3.87. The molecule has 204 valence electrons. The quantitative estimate of drug-likeness (QED) is 0.363. The number of carbonyl (C=O) groups excluding carboxylic acids is 3. The minimum Gasteiger partial charge on any atom is -0.467 e. The van der Waals surface area contributed by atoms with Crippen LogP contribution in [-0.4, -0.2) is 46.1 Å². The van der Waals surface area contributed by atoms with Gasteiger partial charge in [-0.2, -0.15) is 0 Å². The molecule has 0 saturated heterocycles. The molecule has 2 aromatic carbocycles. The summed E-state index contributed by atoms with van der Waals surface area (Å²) in [7, 11) is -3.87. The van der Waals surface area contributed by atoms with Crippen LogP contribution in [0.1, 0.15) is 36.0 Å². The van der Waals surface area contributed by atoms with Gasteiger partial charge in [0.05, 0.1) is 40.3 Å². The largest absolute Gasteiger partial charge is 0.467 e. The van der Waals surface area contributed by atoms with Gasteiger partial charge >= 0.3 is 18.0 Å². The van der Waals surface area contributed by atoms with Gasteiger partial charge in [0.25, 0.3) is 10.0 Å². The van der Waals surface area contributed by atoms with E-state index in [1.54, 1.807) is 56.3 Å². The second kappa shape index (κ2) is 11.9. The van der Waals surface area contributed by atoms with Gasteiger partial charge in [0, 0.05) is 6.54 Å². The van der Waals surface area contributed by atoms with Gasteiger partial charge in [0.1, 0.15) is 18.4 Å². The molecule has 0 fully saturated rings. The van der Waals surface area contributed by atoms with E-state index in [-0.39, 0.29) is 34.9 Å². The monoisotopic (exact) mass is 553 g/mol. The van der Waals surface area contributed by atoms with Crippen LogP contribution in [0.5, 0.6) is 0 Å². The third-order valence-electron chi connectivity index (χ3n) is 5.83. The van der Waals surface area contributed by atoms with E-state index in [0.29, 0.717) is 11.4 Å². The van der Waals surface area contributed by atoms with E-state index in [4.69, 9.17) is 13.9 Å². The molecule has 1 aliphatic heterocycles. The number of sulfonamides is 1. The SMILES string of the molecule is CCOC(=O)C1=C(COC(=O)c2ccc(S(=O)(=O)N(CC)c3ccccc3)cc2)NC(=O)N[C@@H]1c1ccco1. The molecule has 0 aliphatic carbocycles. The molecule has 0 spiro atoms. The number of benzene rings is 2. The third kappa shape index (κ3) is 5.96. The van der Waals surface area contributed by atoms with E-state index in [1.807, 2.05) is 0 Å². The second-order valence-corrected chi connectivity index (χ2v) is 10.1. The molecule has 1 atom stereocenters. The van der Waals surface area contributed by atoms with Gasteiger partial charge in [-0.15, -0.1) is 0 Å². The minimum absolute atomic E-state index is 0.00367. The fourth-order valence-corrected chi connectivity index (χ4v) is 5.52. The van der Waals surface area contributed by atoms with Crippen molar-refractivity contribution in [2.45, 2.75) is 24.8 Å². The first-order valence-electron chi connectivity index (χ1n) is 12.1. The summed E-state index contributed by atoms with van der Waals surface area (Å²) in [5, 5.41) is 5.09. The van der Waals surface area contributed by atoms with Gasteiger partial charge in [-0.05, 0) is 62.4 Å². The smallest absolute Gasteiger partial charge is 0.338 e. The van der Waals surface area contributed by atoms with Crippen LogP contribution in [0.25, 0.3) is 0 Å². The third-order valence-corrected chi connectivity index (χ3v) is 7.75. The van der Waals surface area contributed by atoms with Crippen molar-refractivity contribution in [2.24, 2.45) is 0 Å². The van der Waals surface area contributed by atoms with Gasteiger partial charge < -0.3 is 24.5 Å². The van der Waals surface area contributed by atoms with Crippen LogP contribution in [0.15, 0.2) is 93.6 Å². The Morgan fingerprint density at radius 2 is 1.67 bits per heavy atom. The molecule has 0 radical (unpaired) electrons. The molecule has 12 heteroatoms. The lowest BCUT2D eigenvalue weighted by molar-refractivity contribution is -0.139. The summed E-state index contributed by atoms with van der Waals surface area (Å²) in [6.07, 6.45) is 1.40. The van der Waals surface area contributed by atoms with E-state index in [0.717, 1.165) is 0 Å². The summed E-state index contributed by atoms with van der Waals surface area (Å²) in [4.78, 5) is 37.8. The zero-order chi connectivity index (χ0) is 28.0. The summed E-state index contributed by atoms with van der Waals surface area (Å²) in [6.45, 7) is 3.22. The maximum absolute atomic E-state index is 13.2. The number of carbonyl (C=O) groups is 3. The Morgan fingerprint density at radius 1 is 0.949 bits per heavy atom. The van der Waals surface area contributed by atoms with Gasteiger partial charge in [0.2, 0.25) is 0 Å². The molecule has 4 rings (SSSR count). The highest BCUT2D eigenvalue weighted by molar-refractivity contribution is 7.92. The van der Waals surface area contributed by atoms with Gasteiger partial charge in [0.15, 0.2) is 0 Å². The van der Waals surface area contributed by atoms with Gasteiger partial charge in [-0.25, -0.2) is 22.8 Å². The van der Waals surface area contributed by atoms with Crippen LogP contribution in [0.4, 0.5) is 10.5 Å². The van der Waals surface area contributed by atoms with E-state index in [9.17, 15) is 22.8 Å². The second-order valence-electron chi connectivity index (χ2n) is 8.27. The molecule has 11 nitrogen and oxygen atoms in total. The van der Waals surface area contributed by atoms with Gasteiger partial charge in [-0.3, -0.25) is 4.31 Å². The molecule has 0 saturated carbocycles. The zero-order valence-corrected chi connectivity index (χ0v) is 22.1. The Labute approximate surface area is 225 Å². The number of ether oxygens (including phenoxy) is 2. The first-order valence-corrected chi connectivity index (χ1v) is 13.6. The van der Waals surface area contributed by atoms with E-state index in [1.165, 1.54) is 34.8 Å². The molecule has 1 aliphatic rings. The van der Waals surface area contributed by atoms with Crippen LogP contribution in [0, 0.1) is 0 Å². The van der Waals surface area contributed by atoms with Gasteiger partial charge in [-0.1, -0.05) is 18.2 Å². The Morgan fingerprint density at radius 3 is 2.28 bits per heavy atom. The predicted molar refractivity (Wildman–Crippen MR) is 140 cm³/mol. The van der Waals surface area contributed by atoms with E-state index >= 15 is 0 Å². The molecule has 2 heterocycles. The predicted octanol–water partition coefficient (Wildman–Crippen LogP) is 3.52. The first-order chi connectivity index (χ1) is 18.8. The van der Waals surface area contributed by atoms with Crippen molar-refractivity contribution in [1.82, 2.24) is 10.6 Å². The normalized spacial score (nSPS) is 15.2. The maximum atomic E-state index is 13.2. The number of nitrogens with zero attached hydrogens (tertiary/aromatic N) is 1. The number of hydrogen-bond donors (Lipinski definition) is 2. The summed E-state index contributed by atoms with van der Waals surface area (Å²) >= 11 is 0. The number of anilines is 1. The first kappa shape index (κ1) is 27.5. The summed E-state index contributed by atoms with van der Waals surface area (Å²) < 4.78 is 43.5. The Hall–Kier alpha value is -4.58. The van der Waals surface area contributed by atoms with Crippen molar-refractivity contribution >= 4 is 33.7 Å². The fourth-order valence-electron chi connectivity index (χ4n) is 4.05. The highest BCUT2D eigenvalue weighted by Crippen LogP contribution is 2.28. The molecular weight excluding hydrogens is 526 g/mol. The van der Waals surface area contributed by atoms with Crippen molar-refractivity contribution in [3.05, 3.63) is 95.6 Å². The van der Waals surface area contributed by atoms with Crippen molar-refractivity contribution in [3.8, 4) is 0 Å². The van der Waals surface area contributed by atoms with Crippen LogP contribution < -0.4 is 14.9 Å². The topological polar surface area (TPSA) is 144 Å². The number of urea groups is 1. The molecule has 1 aromatic heterocycles. The Bertz CT molecular complexity index is 1470. The highest BCUT2D eigenvalue weighted by Gasteiger charge is 2.36. The lowest BCUT2D eigenvalue weighted by Gasteiger charge is -2.27. The van der Waals surface area contributed by atoms with Crippen molar-refractivity contribution < 1.29 is 36.7 Å². The number of amides is 2. The number of nitrogens with one attached hydrogen (secondary N) is 2. The molecule has 3 aromatic rings. The number of furan rings is 1. The van der Waals surface area contributed by atoms with Crippen molar-refractivity contribution in [1.29, 1.82) is 0 Å². The lowest BCUT2D eigenvalue weighted by Crippen LogP contribution is -2.47. The number of para-hydroxylation sites is 1. The standard InChI is InChI=1S/C27H27N3O8S/c1-3-30(19-9-6-5-7-10-19)39(34,35)20-14-12-18(13-15-20)25(31)38-17-21-23(26(32)36-4-2)24(29-27(33)28-21)22-11-8-16-37-22/h5-16,24H,3-4,17H2,1-2H3,(H2,28,29,33)/t24-/m1/s1. The molecule has 0 unspecified atom stereocenters. The van der Waals surface area contributed by atoms with Crippen molar-refractivity contribution in [2.75, 3.05) is 24.1 Å². The van der Waals surface area contributed by atoms with Crippen LogP contribution >= 0.6 is 0 Å². The van der Waals surface area contributed by atoms with E-state index < -0.39 is 40.6 Å². The lowest BCUT2D eigenvalue weighted by atomic mass is 10.0. The molecule has 2 N–H and O–H groups in total. The number of rotatable bonds is 10. The van der Waals surface area contributed by atoms with Crippen LogP contribution in [0.3, 0.4) is 0 Å². The van der Waals surface area contributed by atoms with Crippen molar-refractivity contribution in [3.63, 3.8) is 0 Å². The zero-order valence-electron chi connectivity index (χ0n) is 21.2. The Balaban J connectivity index is 1.53. The average molecular weight is 554 g/mol. The molecule has 39 heavy (non-hydrogen) atoms. The summed E-state index contributed by atoms with van der Waals surface area (Å²) in [5.41, 5.74) is 0.665. The molecular formula is C27H27N3O8S. The number of hydrogen-bond acceptors (Lipinski definition) is 8. The maximum Gasteiger partial charge on any atom is 0.338 e. The van der Waals surface area contributed by atoms with E-state index in [2.05, 4.69) is 10.6 Å². The highest BCUT2D eigenvalue weighted by atomic mass is 32.2. The summed E-state index contributed by atoms with van der Waals surface area (Å²) in [5.74, 6) is -1.21. The van der Waals surface area contributed by atoms with Crippen LogP contribution in [0.2, 0.25) is 0 Å². The fraction of sp³-hybridized carbons (Fsp3) is 0.222. The Kier molecular flexibility index (Phi) is 8.35. The molecule has 0 bridgehead atoms.